The van der Waals surface area contributed by atoms with Gasteiger partial charge in [0.15, 0.2) is 4.96 Å². The summed E-state index contributed by atoms with van der Waals surface area (Å²) in [7, 11) is 1.63. The maximum atomic E-state index is 11.4. The van der Waals surface area contributed by atoms with Crippen molar-refractivity contribution in [3.63, 3.8) is 0 Å². The van der Waals surface area contributed by atoms with Gasteiger partial charge in [-0.2, -0.15) is 0 Å². The maximum absolute atomic E-state index is 11.4. The molecule has 0 saturated carbocycles. The van der Waals surface area contributed by atoms with Crippen molar-refractivity contribution in [1.29, 1.82) is 0 Å². The number of benzene rings is 1. The molecule has 0 unspecified atom stereocenters. The Morgan fingerprint density at radius 3 is 3.05 bits per heavy atom. The minimum absolute atomic E-state index is 0.220. The normalized spacial score (nSPS) is 10.8. The number of rotatable bonds is 4. The first-order chi connectivity index (χ1) is 10.2. The number of nitrogens with two attached hydrogens (primary N) is 1. The molecule has 0 saturated heterocycles. The Kier molecular flexibility index (Phi) is 3.59. The lowest BCUT2D eigenvalue weighted by Gasteiger charge is -2.04. The molecule has 0 atom stereocenters. The molecule has 2 aromatic heterocycles. The zero-order valence-corrected chi connectivity index (χ0v) is 12.2. The molecule has 0 fully saturated rings. The van der Waals surface area contributed by atoms with Gasteiger partial charge in [0.25, 0.3) is 0 Å². The Labute approximate surface area is 125 Å². The Hall–Kier alpha value is -2.38. The predicted octanol–water partition coefficient (Wildman–Crippen LogP) is 1.60. The third-order valence-corrected chi connectivity index (χ3v) is 4.06. The van der Waals surface area contributed by atoms with E-state index < -0.39 is 0 Å². The van der Waals surface area contributed by atoms with Gasteiger partial charge in [-0.05, 0) is 12.1 Å². The molecule has 0 aliphatic heterocycles. The van der Waals surface area contributed by atoms with Gasteiger partial charge in [0.1, 0.15) is 5.75 Å². The van der Waals surface area contributed by atoms with E-state index in [0.29, 0.717) is 0 Å². The number of amides is 1. The minimum Gasteiger partial charge on any atom is -0.496 e. The summed E-state index contributed by atoms with van der Waals surface area (Å²) in [6.07, 6.45) is 2.13. The van der Waals surface area contributed by atoms with E-state index in [1.165, 1.54) is 11.3 Å². The number of hydrogen-bond donors (Lipinski definition) is 2. The van der Waals surface area contributed by atoms with Gasteiger partial charge in [0.05, 0.1) is 19.2 Å². The first-order valence-electron chi connectivity index (χ1n) is 6.31. The molecule has 0 radical (unpaired) electrons. The zero-order valence-electron chi connectivity index (χ0n) is 11.4. The number of methoxy groups -OCH3 is 1. The number of nitrogens with one attached hydrogen (secondary N) is 1. The smallest absolute Gasteiger partial charge is 0.239 e. The van der Waals surface area contributed by atoms with Gasteiger partial charge < -0.3 is 4.74 Å². The topological polar surface area (TPSA) is 81.7 Å². The average molecular weight is 302 g/mol. The fourth-order valence-electron chi connectivity index (χ4n) is 2.16. The van der Waals surface area contributed by atoms with Crippen LogP contribution in [0.25, 0.3) is 16.2 Å². The fourth-order valence-corrected chi connectivity index (χ4v) is 3.03. The van der Waals surface area contributed by atoms with Crippen molar-refractivity contribution in [2.75, 3.05) is 7.11 Å². The number of hydrogen-bond acceptors (Lipinski definition) is 5. The third-order valence-electron chi connectivity index (χ3n) is 3.17. The number of carbonyl (C=O) groups excluding carboxylic acids is 1. The van der Waals surface area contributed by atoms with Crippen molar-refractivity contribution in [3.8, 4) is 17.0 Å². The lowest BCUT2D eigenvalue weighted by atomic mass is 10.1. The van der Waals surface area contributed by atoms with E-state index in [0.717, 1.165) is 27.7 Å². The van der Waals surface area contributed by atoms with Crippen molar-refractivity contribution < 1.29 is 9.53 Å². The Balaban J connectivity index is 2.03. The number of carbonyl (C=O) groups is 1. The molecule has 3 N–H and O–H groups in total. The number of hydrazine groups is 1. The van der Waals surface area contributed by atoms with Crippen molar-refractivity contribution >= 4 is 22.2 Å². The summed E-state index contributed by atoms with van der Waals surface area (Å²) < 4.78 is 7.26. The van der Waals surface area contributed by atoms with E-state index in [4.69, 9.17) is 10.6 Å². The first-order valence-corrected chi connectivity index (χ1v) is 7.19. The molecular weight excluding hydrogens is 288 g/mol. The molecule has 0 bridgehead atoms. The van der Waals surface area contributed by atoms with Crippen LogP contribution >= 0.6 is 11.3 Å². The van der Waals surface area contributed by atoms with E-state index in [9.17, 15) is 4.79 Å². The van der Waals surface area contributed by atoms with E-state index in [2.05, 4.69) is 10.4 Å². The van der Waals surface area contributed by atoms with Crippen LogP contribution in [0.3, 0.4) is 0 Å². The molecule has 3 aromatic rings. The van der Waals surface area contributed by atoms with Crippen molar-refractivity contribution in [3.05, 3.63) is 41.5 Å². The minimum atomic E-state index is -0.234. The summed E-state index contributed by atoms with van der Waals surface area (Å²) in [5, 5.41) is 1.91. The molecule has 0 aliphatic rings. The van der Waals surface area contributed by atoms with Crippen molar-refractivity contribution in [1.82, 2.24) is 14.8 Å². The van der Waals surface area contributed by atoms with Gasteiger partial charge >= 0.3 is 0 Å². The quantitative estimate of drug-likeness (QED) is 0.436. The molecule has 6 nitrogen and oxygen atoms in total. The highest BCUT2D eigenvalue weighted by molar-refractivity contribution is 7.15. The molecular formula is C14H14N4O2S. The number of thiazole rings is 1. The number of nitrogens with zero attached hydrogens (tertiary/aromatic N) is 2. The number of imidazole rings is 1. The van der Waals surface area contributed by atoms with Crippen molar-refractivity contribution in [2.45, 2.75) is 6.42 Å². The highest BCUT2D eigenvalue weighted by Gasteiger charge is 2.14. The Morgan fingerprint density at radius 1 is 1.48 bits per heavy atom. The monoisotopic (exact) mass is 302 g/mol. The largest absolute Gasteiger partial charge is 0.496 e. The van der Waals surface area contributed by atoms with E-state index in [-0.39, 0.29) is 12.3 Å². The van der Waals surface area contributed by atoms with Crippen LogP contribution in [0.5, 0.6) is 5.75 Å². The molecule has 2 heterocycles. The number of ether oxygens (including phenoxy) is 1. The van der Waals surface area contributed by atoms with Crippen LogP contribution in [-0.2, 0) is 11.2 Å². The standard InChI is InChI=1S/C14H14N4O2S/c1-20-12-5-3-2-4-10(12)11-7-18-9(6-13(19)17-15)8-21-14(18)16-11/h2-5,7-8H,6,15H2,1H3,(H,17,19). The molecule has 108 valence electrons. The molecule has 0 aliphatic carbocycles. The van der Waals surface area contributed by atoms with Gasteiger partial charge in [-0.1, -0.05) is 12.1 Å². The molecule has 0 spiro atoms. The first kappa shape index (κ1) is 13.6. The summed E-state index contributed by atoms with van der Waals surface area (Å²) in [6, 6.07) is 7.70. The Bertz CT molecular complexity index is 793. The van der Waals surface area contributed by atoms with Crippen LogP contribution in [0.15, 0.2) is 35.8 Å². The Morgan fingerprint density at radius 2 is 2.29 bits per heavy atom. The van der Waals surface area contributed by atoms with Gasteiger partial charge in [0.2, 0.25) is 5.91 Å². The van der Waals surface area contributed by atoms with Crippen LogP contribution in [0, 0.1) is 0 Å². The van der Waals surface area contributed by atoms with E-state index in [1.54, 1.807) is 7.11 Å². The second kappa shape index (κ2) is 5.55. The van der Waals surface area contributed by atoms with Crippen LogP contribution in [0.1, 0.15) is 5.69 Å². The molecule has 21 heavy (non-hydrogen) atoms. The van der Waals surface area contributed by atoms with Gasteiger partial charge in [0, 0.05) is 22.8 Å². The lowest BCUT2D eigenvalue weighted by Crippen LogP contribution is -2.31. The van der Waals surface area contributed by atoms with Crippen LogP contribution in [-0.4, -0.2) is 22.4 Å². The van der Waals surface area contributed by atoms with E-state index >= 15 is 0 Å². The lowest BCUT2D eigenvalue weighted by molar-refractivity contribution is -0.120. The second-order valence-corrected chi connectivity index (χ2v) is 5.29. The van der Waals surface area contributed by atoms with Crippen LogP contribution in [0.2, 0.25) is 0 Å². The molecule has 1 amide bonds. The fraction of sp³-hybridized carbons (Fsp3) is 0.143. The summed E-state index contributed by atoms with van der Waals surface area (Å²) in [5.41, 5.74) is 4.72. The average Bonchev–Trinajstić information content (AvgIpc) is 3.09. The summed E-state index contributed by atoms with van der Waals surface area (Å²) in [5.74, 6) is 5.66. The van der Waals surface area contributed by atoms with E-state index in [1.807, 2.05) is 40.2 Å². The number of fused-ring (bicyclic) bond motifs is 1. The SMILES string of the molecule is COc1ccccc1-c1cn2c(CC(=O)NN)csc2n1. The number of para-hydroxylation sites is 1. The molecule has 1 aromatic carbocycles. The molecule has 7 heteroatoms. The predicted molar refractivity (Wildman–Crippen MR) is 81.1 cm³/mol. The third kappa shape index (κ3) is 2.48. The summed E-state index contributed by atoms with van der Waals surface area (Å²) in [6.45, 7) is 0. The van der Waals surface area contributed by atoms with Crippen molar-refractivity contribution in [2.24, 2.45) is 5.84 Å². The zero-order chi connectivity index (χ0) is 14.8. The number of aromatic nitrogens is 2. The van der Waals surface area contributed by atoms with Crippen LogP contribution < -0.4 is 16.0 Å². The molecule has 3 rings (SSSR count). The highest BCUT2D eigenvalue weighted by Crippen LogP contribution is 2.30. The maximum Gasteiger partial charge on any atom is 0.239 e. The van der Waals surface area contributed by atoms with Gasteiger partial charge in [-0.25, -0.2) is 10.8 Å². The van der Waals surface area contributed by atoms with Crippen LogP contribution in [0.4, 0.5) is 0 Å². The second-order valence-electron chi connectivity index (χ2n) is 4.45. The highest BCUT2D eigenvalue weighted by atomic mass is 32.1. The summed E-state index contributed by atoms with van der Waals surface area (Å²) >= 11 is 1.49. The summed E-state index contributed by atoms with van der Waals surface area (Å²) in [4.78, 5) is 16.8. The van der Waals surface area contributed by atoms with Gasteiger partial charge in [-0.3, -0.25) is 14.6 Å². The van der Waals surface area contributed by atoms with Gasteiger partial charge in [-0.15, -0.1) is 11.3 Å².